The monoisotopic (exact) mass is 289 g/mol. The predicted octanol–water partition coefficient (Wildman–Crippen LogP) is 3.34. The summed E-state index contributed by atoms with van der Waals surface area (Å²) in [5, 5.41) is 10.2. The van der Waals surface area contributed by atoms with Crippen LogP contribution in [0.5, 0.6) is 0 Å². The molecule has 0 saturated carbocycles. The first-order valence-electron chi connectivity index (χ1n) is 5.97. The fraction of sp³-hybridized carbons (Fsp3) is 0.583. The number of hydrogen-bond acceptors (Lipinski definition) is 3. The quantitative estimate of drug-likeness (QED) is 0.817. The summed E-state index contributed by atoms with van der Waals surface area (Å²) < 4.78 is 0. The number of rotatable bonds is 6. The van der Waals surface area contributed by atoms with E-state index in [9.17, 15) is 4.79 Å². The van der Waals surface area contributed by atoms with Gasteiger partial charge in [-0.05, 0) is 18.4 Å². The highest BCUT2D eigenvalue weighted by molar-refractivity contribution is 6.34. The van der Waals surface area contributed by atoms with Crippen molar-refractivity contribution in [1.29, 1.82) is 0 Å². The van der Waals surface area contributed by atoms with Crippen molar-refractivity contribution in [2.45, 2.75) is 33.1 Å². The van der Waals surface area contributed by atoms with Gasteiger partial charge in [-0.1, -0.05) is 49.9 Å². The van der Waals surface area contributed by atoms with E-state index < -0.39 is 0 Å². The number of hydrogen-bond donors (Lipinski definition) is 1. The van der Waals surface area contributed by atoms with E-state index in [4.69, 9.17) is 23.2 Å². The normalized spacial score (nSPS) is 10.7. The molecule has 18 heavy (non-hydrogen) atoms. The summed E-state index contributed by atoms with van der Waals surface area (Å²) >= 11 is 11.4. The Hall–Kier alpha value is -0.870. The number of carbonyl (C=O) groups is 1. The Morgan fingerprint density at radius 2 is 2.06 bits per heavy atom. The molecule has 1 heterocycles. The topological polar surface area (TPSA) is 54.9 Å². The molecule has 0 saturated heterocycles. The van der Waals surface area contributed by atoms with Crippen LogP contribution in [0, 0.1) is 5.92 Å². The van der Waals surface area contributed by atoms with Crippen LogP contribution in [-0.4, -0.2) is 22.6 Å². The Balaban J connectivity index is 2.39. The van der Waals surface area contributed by atoms with Gasteiger partial charge in [-0.15, -0.1) is 10.2 Å². The molecule has 0 aliphatic rings. The average molecular weight is 290 g/mol. The fourth-order valence-electron chi connectivity index (χ4n) is 1.49. The van der Waals surface area contributed by atoms with Crippen molar-refractivity contribution in [1.82, 2.24) is 15.5 Å². The SMILES string of the molecule is CC(C)CCCCNC(=O)c1cc(Cl)nnc1Cl. The molecule has 1 aromatic rings. The van der Waals surface area contributed by atoms with Crippen molar-refractivity contribution >= 4 is 29.1 Å². The first kappa shape index (κ1) is 15.2. The second-order valence-electron chi connectivity index (χ2n) is 4.52. The second-order valence-corrected chi connectivity index (χ2v) is 5.26. The third-order valence-electron chi connectivity index (χ3n) is 2.46. The molecule has 0 spiro atoms. The van der Waals surface area contributed by atoms with Gasteiger partial charge in [-0.3, -0.25) is 4.79 Å². The van der Waals surface area contributed by atoms with E-state index in [2.05, 4.69) is 29.4 Å². The van der Waals surface area contributed by atoms with Crippen molar-refractivity contribution in [2.24, 2.45) is 5.92 Å². The minimum atomic E-state index is -0.263. The number of carbonyl (C=O) groups excluding carboxylic acids is 1. The zero-order chi connectivity index (χ0) is 13.5. The summed E-state index contributed by atoms with van der Waals surface area (Å²) in [6.45, 7) is 4.99. The lowest BCUT2D eigenvalue weighted by atomic mass is 10.1. The Kier molecular flexibility index (Phi) is 6.36. The Morgan fingerprint density at radius 1 is 1.33 bits per heavy atom. The molecule has 0 unspecified atom stereocenters. The summed E-state index contributed by atoms with van der Waals surface area (Å²) in [6.07, 6.45) is 3.22. The number of aromatic nitrogens is 2. The summed E-state index contributed by atoms with van der Waals surface area (Å²) in [5.41, 5.74) is 0.264. The maximum Gasteiger partial charge on any atom is 0.254 e. The summed E-state index contributed by atoms with van der Waals surface area (Å²) in [5.74, 6) is 0.430. The smallest absolute Gasteiger partial charge is 0.254 e. The highest BCUT2D eigenvalue weighted by Crippen LogP contribution is 2.15. The highest BCUT2D eigenvalue weighted by atomic mass is 35.5. The lowest BCUT2D eigenvalue weighted by molar-refractivity contribution is 0.0952. The summed E-state index contributed by atoms with van der Waals surface area (Å²) in [6, 6.07) is 1.42. The minimum absolute atomic E-state index is 0.0686. The maximum atomic E-state index is 11.8. The van der Waals surface area contributed by atoms with Crippen LogP contribution in [0.3, 0.4) is 0 Å². The third kappa shape index (κ3) is 5.19. The molecule has 1 amide bonds. The predicted molar refractivity (Wildman–Crippen MR) is 73.1 cm³/mol. The lowest BCUT2D eigenvalue weighted by Crippen LogP contribution is -2.25. The molecule has 0 bridgehead atoms. The van der Waals surface area contributed by atoms with Gasteiger partial charge in [0.15, 0.2) is 10.3 Å². The van der Waals surface area contributed by atoms with Crippen LogP contribution >= 0.6 is 23.2 Å². The molecule has 0 aliphatic carbocycles. The van der Waals surface area contributed by atoms with E-state index in [0.717, 1.165) is 12.8 Å². The van der Waals surface area contributed by atoms with Gasteiger partial charge in [-0.2, -0.15) is 0 Å². The summed E-state index contributed by atoms with van der Waals surface area (Å²) in [7, 11) is 0. The fourth-order valence-corrected chi connectivity index (χ4v) is 1.81. The van der Waals surface area contributed by atoms with E-state index in [-0.39, 0.29) is 21.8 Å². The molecule has 0 fully saturated rings. The molecular weight excluding hydrogens is 273 g/mol. The zero-order valence-corrected chi connectivity index (χ0v) is 12.1. The number of unbranched alkanes of at least 4 members (excludes halogenated alkanes) is 1. The van der Waals surface area contributed by atoms with Gasteiger partial charge >= 0.3 is 0 Å². The zero-order valence-electron chi connectivity index (χ0n) is 10.5. The molecule has 100 valence electrons. The Labute approximate surface area is 117 Å². The molecule has 0 aromatic carbocycles. The van der Waals surface area contributed by atoms with Gasteiger partial charge < -0.3 is 5.32 Å². The number of nitrogens with zero attached hydrogens (tertiary/aromatic N) is 2. The Bertz CT molecular complexity index is 410. The summed E-state index contributed by atoms with van der Waals surface area (Å²) in [4.78, 5) is 11.8. The molecule has 0 aliphatic heterocycles. The van der Waals surface area contributed by atoms with Gasteiger partial charge in [0, 0.05) is 6.54 Å². The third-order valence-corrected chi connectivity index (χ3v) is 2.92. The van der Waals surface area contributed by atoms with Gasteiger partial charge in [-0.25, -0.2) is 0 Å². The van der Waals surface area contributed by atoms with Crippen LogP contribution < -0.4 is 5.32 Å². The Morgan fingerprint density at radius 3 is 2.72 bits per heavy atom. The molecule has 1 rings (SSSR count). The molecule has 1 aromatic heterocycles. The van der Waals surface area contributed by atoms with Crippen LogP contribution in [0.1, 0.15) is 43.5 Å². The maximum absolute atomic E-state index is 11.8. The molecular formula is C12H17Cl2N3O. The highest BCUT2D eigenvalue weighted by Gasteiger charge is 2.12. The van der Waals surface area contributed by atoms with Gasteiger partial charge in [0.2, 0.25) is 0 Å². The first-order chi connectivity index (χ1) is 8.50. The van der Waals surface area contributed by atoms with Crippen LogP contribution in [0.25, 0.3) is 0 Å². The average Bonchev–Trinajstić information content (AvgIpc) is 2.31. The van der Waals surface area contributed by atoms with E-state index in [1.165, 1.54) is 12.5 Å². The first-order valence-corrected chi connectivity index (χ1v) is 6.73. The van der Waals surface area contributed by atoms with E-state index >= 15 is 0 Å². The van der Waals surface area contributed by atoms with E-state index in [0.29, 0.717) is 12.5 Å². The second kappa shape index (κ2) is 7.54. The van der Waals surface area contributed by atoms with Crippen molar-refractivity contribution in [3.05, 3.63) is 21.9 Å². The van der Waals surface area contributed by atoms with Crippen LogP contribution in [0.15, 0.2) is 6.07 Å². The van der Waals surface area contributed by atoms with Crippen LogP contribution in [-0.2, 0) is 0 Å². The minimum Gasteiger partial charge on any atom is -0.352 e. The number of halogens is 2. The van der Waals surface area contributed by atoms with Gasteiger partial charge in [0.1, 0.15) is 0 Å². The van der Waals surface area contributed by atoms with E-state index in [1.807, 2.05) is 0 Å². The van der Waals surface area contributed by atoms with Crippen LogP contribution in [0.4, 0.5) is 0 Å². The van der Waals surface area contributed by atoms with Crippen molar-refractivity contribution in [3.63, 3.8) is 0 Å². The molecule has 4 nitrogen and oxygen atoms in total. The molecule has 0 radical (unpaired) electrons. The van der Waals surface area contributed by atoms with Crippen molar-refractivity contribution in [3.8, 4) is 0 Å². The van der Waals surface area contributed by atoms with Gasteiger partial charge in [0.05, 0.1) is 5.56 Å². The van der Waals surface area contributed by atoms with Crippen molar-refractivity contribution in [2.75, 3.05) is 6.54 Å². The number of amides is 1. The molecule has 1 N–H and O–H groups in total. The van der Waals surface area contributed by atoms with E-state index in [1.54, 1.807) is 0 Å². The largest absolute Gasteiger partial charge is 0.352 e. The van der Waals surface area contributed by atoms with Crippen LogP contribution in [0.2, 0.25) is 10.3 Å². The lowest BCUT2D eigenvalue weighted by Gasteiger charge is -2.07. The van der Waals surface area contributed by atoms with Crippen molar-refractivity contribution < 1.29 is 4.79 Å². The number of nitrogens with one attached hydrogen (secondary N) is 1. The standard InChI is InChI=1S/C12H17Cl2N3O/c1-8(2)5-3-4-6-15-12(18)9-7-10(13)16-17-11(9)14/h7-8H,3-6H2,1-2H3,(H,15,18). The molecule has 6 heteroatoms. The van der Waals surface area contributed by atoms with Gasteiger partial charge in [0.25, 0.3) is 5.91 Å². The molecule has 0 atom stereocenters.